The van der Waals surface area contributed by atoms with Gasteiger partial charge in [0.15, 0.2) is 0 Å². The standard InChI is InChI=1S/C18H23N5O.ClH/c1-2-18(9-14-7-8-16(18)22-14)17(24)20-10-13-5-3-4-6-15(13)23-12-19-11-21-23;/h3-6,11-12,14,16,22H,2,7-10H2,1H3,(H,20,24);1H/t14-,16+,18+;/m0./s1. The fourth-order valence-electron chi connectivity index (χ4n) is 4.37. The van der Waals surface area contributed by atoms with E-state index in [9.17, 15) is 4.79 Å². The van der Waals surface area contributed by atoms with Gasteiger partial charge in [0, 0.05) is 18.6 Å². The van der Waals surface area contributed by atoms with Gasteiger partial charge in [-0.1, -0.05) is 25.1 Å². The van der Waals surface area contributed by atoms with Crippen molar-refractivity contribution in [1.29, 1.82) is 0 Å². The summed E-state index contributed by atoms with van der Waals surface area (Å²) in [5.41, 5.74) is 1.75. The summed E-state index contributed by atoms with van der Waals surface area (Å²) < 4.78 is 1.73. The molecule has 25 heavy (non-hydrogen) atoms. The molecule has 2 fully saturated rings. The van der Waals surface area contributed by atoms with Crippen LogP contribution in [0.25, 0.3) is 5.69 Å². The van der Waals surface area contributed by atoms with Crippen molar-refractivity contribution in [2.75, 3.05) is 0 Å². The fourth-order valence-corrected chi connectivity index (χ4v) is 4.37. The Labute approximate surface area is 153 Å². The third-order valence-corrected chi connectivity index (χ3v) is 5.70. The summed E-state index contributed by atoms with van der Waals surface area (Å²) in [7, 11) is 0. The van der Waals surface area contributed by atoms with E-state index in [4.69, 9.17) is 0 Å². The number of benzene rings is 1. The summed E-state index contributed by atoms with van der Waals surface area (Å²) in [4.78, 5) is 17.0. The van der Waals surface area contributed by atoms with Gasteiger partial charge in [-0.2, -0.15) is 5.10 Å². The molecule has 4 rings (SSSR count). The normalized spacial score (nSPS) is 27.1. The molecule has 2 aliphatic rings. The molecule has 3 heterocycles. The zero-order chi connectivity index (χ0) is 16.6. The second kappa shape index (κ2) is 7.14. The van der Waals surface area contributed by atoms with Crippen molar-refractivity contribution in [3.05, 3.63) is 42.5 Å². The Balaban J connectivity index is 0.00000182. The summed E-state index contributed by atoms with van der Waals surface area (Å²) in [6.45, 7) is 2.64. The number of rotatable bonds is 5. The third kappa shape index (κ3) is 3.04. The molecule has 0 unspecified atom stereocenters. The number of para-hydroxylation sites is 1. The Hall–Kier alpha value is -1.92. The van der Waals surface area contributed by atoms with E-state index in [0.717, 1.165) is 30.5 Å². The lowest BCUT2D eigenvalue weighted by Crippen LogP contribution is -2.48. The first kappa shape index (κ1) is 17.9. The minimum absolute atomic E-state index is 0. The molecule has 2 aromatic rings. The van der Waals surface area contributed by atoms with Gasteiger partial charge in [0.25, 0.3) is 0 Å². The quantitative estimate of drug-likeness (QED) is 0.856. The van der Waals surface area contributed by atoms with Gasteiger partial charge in [-0.05, 0) is 37.3 Å². The molecule has 0 saturated carbocycles. The van der Waals surface area contributed by atoms with Crippen LogP contribution in [0.1, 0.15) is 38.2 Å². The van der Waals surface area contributed by atoms with Gasteiger partial charge in [-0.3, -0.25) is 4.79 Å². The van der Waals surface area contributed by atoms with Gasteiger partial charge >= 0.3 is 0 Å². The summed E-state index contributed by atoms with van der Waals surface area (Å²) >= 11 is 0. The van der Waals surface area contributed by atoms with Crippen molar-refractivity contribution in [3.63, 3.8) is 0 Å². The number of hydrogen-bond acceptors (Lipinski definition) is 4. The van der Waals surface area contributed by atoms with E-state index in [1.807, 2.05) is 24.3 Å². The summed E-state index contributed by atoms with van der Waals surface area (Å²) in [5.74, 6) is 0.179. The van der Waals surface area contributed by atoms with Crippen LogP contribution < -0.4 is 10.6 Å². The number of hydrogen-bond donors (Lipinski definition) is 2. The van der Waals surface area contributed by atoms with Crippen LogP contribution in [-0.2, 0) is 11.3 Å². The molecule has 1 amide bonds. The summed E-state index contributed by atoms with van der Waals surface area (Å²) in [6.07, 6.45) is 7.36. The number of carbonyl (C=O) groups excluding carboxylic acids is 1. The number of carbonyl (C=O) groups is 1. The molecular weight excluding hydrogens is 338 g/mol. The Morgan fingerprint density at radius 1 is 1.40 bits per heavy atom. The molecular formula is C18H24ClN5O. The highest BCUT2D eigenvalue weighted by Crippen LogP contribution is 2.45. The molecule has 2 N–H and O–H groups in total. The molecule has 0 spiro atoms. The first-order chi connectivity index (χ1) is 11.7. The number of fused-ring (bicyclic) bond motifs is 2. The largest absolute Gasteiger partial charge is 0.351 e. The fraction of sp³-hybridized carbons (Fsp3) is 0.500. The molecule has 0 radical (unpaired) electrons. The van der Waals surface area contributed by atoms with Crippen LogP contribution >= 0.6 is 12.4 Å². The van der Waals surface area contributed by atoms with E-state index in [-0.39, 0.29) is 23.7 Å². The van der Waals surface area contributed by atoms with E-state index in [1.165, 1.54) is 12.7 Å². The topological polar surface area (TPSA) is 71.8 Å². The zero-order valence-electron chi connectivity index (χ0n) is 14.3. The molecule has 0 aliphatic carbocycles. The maximum absolute atomic E-state index is 13.0. The Morgan fingerprint density at radius 3 is 2.88 bits per heavy atom. The van der Waals surface area contributed by atoms with Crippen LogP contribution in [0.5, 0.6) is 0 Å². The molecule has 7 heteroatoms. The smallest absolute Gasteiger partial charge is 0.228 e. The van der Waals surface area contributed by atoms with Crippen molar-refractivity contribution in [1.82, 2.24) is 25.4 Å². The summed E-state index contributed by atoms with van der Waals surface area (Å²) in [6, 6.07) is 8.81. The molecule has 6 nitrogen and oxygen atoms in total. The summed E-state index contributed by atoms with van der Waals surface area (Å²) in [5, 5.41) is 11.0. The van der Waals surface area contributed by atoms with Gasteiger partial charge in [0.1, 0.15) is 12.7 Å². The SMILES string of the molecule is CC[C@@]1(C(=O)NCc2ccccc2-n2cncn2)C[C@@H]2CC[C@H]1N2.Cl. The first-order valence-corrected chi connectivity index (χ1v) is 8.70. The predicted molar refractivity (Wildman–Crippen MR) is 97.7 cm³/mol. The van der Waals surface area contributed by atoms with E-state index < -0.39 is 0 Å². The lowest BCUT2D eigenvalue weighted by molar-refractivity contribution is -0.132. The average molecular weight is 362 g/mol. The number of amides is 1. The number of nitrogens with one attached hydrogen (secondary N) is 2. The number of aromatic nitrogens is 3. The second-order valence-corrected chi connectivity index (χ2v) is 6.86. The minimum atomic E-state index is -0.245. The van der Waals surface area contributed by atoms with Crippen molar-refractivity contribution >= 4 is 18.3 Å². The molecule has 2 aliphatic heterocycles. The Bertz CT molecular complexity index is 735. The molecule has 3 atom stereocenters. The average Bonchev–Trinajstić information content (AvgIpc) is 3.36. The molecule has 1 aromatic carbocycles. The van der Waals surface area contributed by atoms with Crippen molar-refractivity contribution in [2.24, 2.45) is 5.41 Å². The van der Waals surface area contributed by atoms with Crippen molar-refractivity contribution in [2.45, 2.75) is 51.2 Å². The van der Waals surface area contributed by atoms with Crippen LogP contribution in [0.4, 0.5) is 0 Å². The van der Waals surface area contributed by atoms with Crippen molar-refractivity contribution < 1.29 is 4.79 Å². The van der Waals surface area contributed by atoms with Gasteiger partial charge in [0.05, 0.1) is 11.1 Å². The molecule has 134 valence electrons. The Morgan fingerprint density at radius 2 is 2.24 bits per heavy atom. The monoisotopic (exact) mass is 361 g/mol. The molecule has 1 aromatic heterocycles. The van der Waals surface area contributed by atoms with Crippen LogP contribution in [0.3, 0.4) is 0 Å². The molecule has 2 saturated heterocycles. The van der Waals surface area contributed by atoms with Crippen molar-refractivity contribution in [3.8, 4) is 5.69 Å². The maximum atomic E-state index is 13.0. The first-order valence-electron chi connectivity index (χ1n) is 8.70. The lowest BCUT2D eigenvalue weighted by atomic mass is 9.71. The highest BCUT2D eigenvalue weighted by molar-refractivity contribution is 5.85. The highest BCUT2D eigenvalue weighted by atomic mass is 35.5. The third-order valence-electron chi connectivity index (χ3n) is 5.70. The van der Waals surface area contributed by atoms with Crippen LogP contribution in [-0.4, -0.2) is 32.8 Å². The van der Waals surface area contributed by atoms with Gasteiger partial charge in [-0.15, -0.1) is 12.4 Å². The highest BCUT2D eigenvalue weighted by Gasteiger charge is 2.54. The predicted octanol–water partition coefficient (Wildman–Crippen LogP) is 2.23. The van der Waals surface area contributed by atoms with Crippen LogP contribution in [0, 0.1) is 5.41 Å². The van der Waals surface area contributed by atoms with Gasteiger partial charge in [-0.25, -0.2) is 9.67 Å². The molecule has 2 bridgehead atoms. The second-order valence-electron chi connectivity index (χ2n) is 6.86. The maximum Gasteiger partial charge on any atom is 0.228 e. The number of halogens is 1. The van der Waals surface area contributed by atoms with Crippen LogP contribution in [0.15, 0.2) is 36.9 Å². The lowest BCUT2D eigenvalue weighted by Gasteiger charge is -2.34. The number of nitrogens with zero attached hydrogens (tertiary/aromatic N) is 3. The van der Waals surface area contributed by atoms with Gasteiger partial charge in [0.2, 0.25) is 5.91 Å². The van der Waals surface area contributed by atoms with Gasteiger partial charge < -0.3 is 10.6 Å². The van der Waals surface area contributed by atoms with Crippen LogP contribution in [0.2, 0.25) is 0 Å². The van der Waals surface area contributed by atoms with E-state index >= 15 is 0 Å². The van der Waals surface area contributed by atoms with E-state index in [0.29, 0.717) is 18.6 Å². The van der Waals surface area contributed by atoms with E-state index in [1.54, 1.807) is 11.0 Å². The zero-order valence-corrected chi connectivity index (χ0v) is 15.1. The van der Waals surface area contributed by atoms with E-state index in [2.05, 4.69) is 27.6 Å². The minimum Gasteiger partial charge on any atom is -0.351 e. The Kier molecular flexibility index (Phi) is 5.11.